The van der Waals surface area contributed by atoms with Gasteiger partial charge in [0.25, 0.3) is 0 Å². The molecular formula is C18H23NOS. The Labute approximate surface area is 131 Å². The Morgan fingerprint density at radius 3 is 2.38 bits per heavy atom. The zero-order valence-electron chi connectivity index (χ0n) is 13.1. The number of amides is 1. The summed E-state index contributed by atoms with van der Waals surface area (Å²) >= 11 is 1.62. The van der Waals surface area contributed by atoms with Crippen molar-refractivity contribution in [3.63, 3.8) is 0 Å². The molecule has 1 amide bonds. The van der Waals surface area contributed by atoms with Crippen LogP contribution in [0.1, 0.15) is 49.7 Å². The summed E-state index contributed by atoms with van der Waals surface area (Å²) in [7, 11) is 0. The van der Waals surface area contributed by atoms with E-state index >= 15 is 0 Å². The minimum atomic E-state index is 0.0338. The van der Waals surface area contributed by atoms with Crippen molar-refractivity contribution in [2.24, 2.45) is 0 Å². The van der Waals surface area contributed by atoms with Crippen LogP contribution in [0.4, 0.5) is 0 Å². The highest BCUT2D eigenvalue weighted by atomic mass is 32.1. The van der Waals surface area contributed by atoms with E-state index in [2.05, 4.69) is 50.4 Å². The topological polar surface area (TPSA) is 29.1 Å². The zero-order valence-corrected chi connectivity index (χ0v) is 14.0. The first kappa shape index (κ1) is 15.8. The number of thiophene rings is 1. The maximum Gasteiger partial charge on any atom is 0.225 e. The maximum absolute atomic E-state index is 12.0. The second kappa shape index (κ2) is 6.44. The van der Waals surface area contributed by atoms with Crippen molar-refractivity contribution in [3.05, 3.63) is 57.8 Å². The molecule has 1 aromatic carbocycles. The van der Waals surface area contributed by atoms with E-state index in [-0.39, 0.29) is 17.4 Å². The van der Waals surface area contributed by atoms with Crippen molar-refractivity contribution >= 4 is 17.2 Å². The van der Waals surface area contributed by atoms with Crippen LogP contribution in [0, 0.1) is 0 Å². The van der Waals surface area contributed by atoms with E-state index in [1.165, 1.54) is 5.56 Å². The number of carbonyl (C=O) groups is 1. The molecular weight excluding hydrogens is 278 g/mol. The molecule has 1 atom stereocenters. The summed E-state index contributed by atoms with van der Waals surface area (Å²) in [5, 5.41) is 5.06. The molecule has 3 heteroatoms. The van der Waals surface area contributed by atoms with E-state index in [1.807, 2.05) is 24.4 Å². The van der Waals surface area contributed by atoms with Gasteiger partial charge in [0, 0.05) is 4.88 Å². The first-order valence-corrected chi connectivity index (χ1v) is 8.16. The van der Waals surface area contributed by atoms with Crippen molar-refractivity contribution in [1.82, 2.24) is 5.32 Å². The highest BCUT2D eigenvalue weighted by Gasteiger charge is 2.15. The third-order valence-electron chi connectivity index (χ3n) is 3.57. The van der Waals surface area contributed by atoms with E-state index in [1.54, 1.807) is 11.3 Å². The molecule has 2 nitrogen and oxygen atoms in total. The van der Waals surface area contributed by atoms with Gasteiger partial charge in [-0.2, -0.15) is 0 Å². The molecule has 1 N–H and O–H groups in total. The number of carbonyl (C=O) groups excluding carboxylic acids is 1. The molecule has 0 aliphatic rings. The Kier molecular flexibility index (Phi) is 4.84. The smallest absolute Gasteiger partial charge is 0.225 e. The molecule has 0 unspecified atom stereocenters. The molecule has 0 saturated heterocycles. The molecule has 2 aromatic rings. The first-order chi connectivity index (χ1) is 9.86. The van der Waals surface area contributed by atoms with Gasteiger partial charge in [0.15, 0.2) is 0 Å². The van der Waals surface area contributed by atoms with Gasteiger partial charge in [0.2, 0.25) is 5.91 Å². The van der Waals surface area contributed by atoms with Crippen molar-refractivity contribution in [1.29, 1.82) is 0 Å². The predicted molar refractivity (Wildman–Crippen MR) is 89.7 cm³/mol. The summed E-state index contributed by atoms with van der Waals surface area (Å²) in [6.07, 6.45) is 0.460. The second-order valence-corrected chi connectivity index (χ2v) is 7.45. The van der Waals surface area contributed by atoms with Crippen molar-refractivity contribution in [2.45, 2.75) is 45.6 Å². The Bertz CT molecular complexity index is 579. The van der Waals surface area contributed by atoms with Crippen LogP contribution in [0.15, 0.2) is 41.8 Å². The monoisotopic (exact) mass is 301 g/mol. The fourth-order valence-electron chi connectivity index (χ4n) is 2.22. The molecule has 112 valence electrons. The summed E-state index contributed by atoms with van der Waals surface area (Å²) < 4.78 is 0. The van der Waals surface area contributed by atoms with Gasteiger partial charge in [-0.25, -0.2) is 0 Å². The van der Waals surface area contributed by atoms with Crippen LogP contribution >= 0.6 is 11.3 Å². The van der Waals surface area contributed by atoms with Gasteiger partial charge in [0.05, 0.1) is 12.5 Å². The van der Waals surface area contributed by atoms with E-state index < -0.39 is 0 Å². The Hall–Kier alpha value is -1.61. The van der Waals surface area contributed by atoms with E-state index in [4.69, 9.17) is 0 Å². The Morgan fingerprint density at radius 2 is 1.86 bits per heavy atom. The average molecular weight is 301 g/mol. The lowest BCUT2D eigenvalue weighted by atomic mass is 9.86. The summed E-state index contributed by atoms with van der Waals surface area (Å²) in [5.74, 6) is 0.0739. The van der Waals surface area contributed by atoms with Crippen LogP contribution in [0.5, 0.6) is 0 Å². The van der Waals surface area contributed by atoms with Gasteiger partial charge in [0.1, 0.15) is 0 Å². The Morgan fingerprint density at radius 1 is 1.19 bits per heavy atom. The maximum atomic E-state index is 12.0. The van der Waals surface area contributed by atoms with Crippen molar-refractivity contribution in [3.8, 4) is 0 Å². The Balaban J connectivity index is 1.96. The van der Waals surface area contributed by atoms with Gasteiger partial charge in [-0.3, -0.25) is 4.79 Å². The zero-order chi connectivity index (χ0) is 15.5. The van der Waals surface area contributed by atoms with Crippen LogP contribution in [0.25, 0.3) is 0 Å². The SMILES string of the molecule is C[C@H](NC(=O)Cc1cccs1)c1ccc(C(C)(C)C)cc1. The molecule has 1 aromatic heterocycles. The van der Waals surface area contributed by atoms with Crippen molar-refractivity contribution in [2.75, 3.05) is 0 Å². The molecule has 0 spiro atoms. The van der Waals surface area contributed by atoms with Crippen LogP contribution in [0.2, 0.25) is 0 Å². The predicted octanol–water partition coefficient (Wildman–Crippen LogP) is 4.47. The number of rotatable bonds is 4. The van der Waals surface area contributed by atoms with E-state index in [0.29, 0.717) is 6.42 Å². The highest BCUT2D eigenvalue weighted by molar-refractivity contribution is 7.10. The normalized spacial score (nSPS) is 13.0. The standard InChI is InChI=1S/C18H23NOS/c1-13(19-17(20)12-16-6-5-11-21-16)14-7-9-15(10-8-14)18(2,3)4/h5-11,13H,12H2,1-4H3,(H,19,20)/t13-/m0/s1. The lowest BCUT2D eigenvalue weighted by Gasteiger charge is -2.20. The molecule has 21 heavy (non-hydrogen) atoms. The molecule has 0 bridgehead atoms. The number of benzene rings is 1. The molecule has 0 aliphatic carbocycles. The summed E-state index contributed by atoms with van der Waals surface area (Å²) in [6, 6.07) is 12.5. The van der Waals surface area contributed by atoms with Gasteiger partial charge < -0.3 is 5.32 Å². The molecule has 0 radical (unpaired) electrons. The van der Waals surface area contributed by atoms with E-state index in [9.17, 15) is 4.79 Å². The lowest BCUT2D eigenvalue weighted by molar-refractivity contribution is -0.121. The van der Waals surface area contributed by atoms with Gasteiger partial charge in [-0.1, -0.05) is 51.1 Å². The molecule has 0 aliphatic heterocycles. The number of nitrogens with one attached hydrogen (secondary N) is 1. The highest BCUT2D eigenvalue weighted by Crippen LogP contribution is 2.24. The summed E-state index contributed by atoms with van der Waals surface area (Å²) in [5.41, 5.74) is 2.61. The summed E-state index contributed by atoms with van der Waals surface area (Å²) in [4.78, 5) is 13.1. The molecule has 2 rings (SSSR count). The van der Waals surface area contributed by atoms with Crippen molar-refractivity contribution < 1.29 is 4.79 Å². The fraction of sp³-hybridized carbons (Fsp3) is 0.389. The van der Waals surface area contributed by atoms with Crippen LogP contribution in [-0.2, 0) is 16.6 Å². The van der Waals surface area contributed by atoms with Crippen LogP contribution in [-0.4, -0.2) is 5.91 Å². The minimum Gasteiger partial charge on any atom is -0.349 e. The van der Waals surface area contributed by atoms with Gasteiger partial charge in [-0.05, 0) is 34.9 Å². The second-order valence-electron chi connectivity index (χ2n) is 6.42. The quantitative estimate of drug-likeness (QED) is 0.887. The number of hydrogen-bond donors (Lipinski definition) is 1. The largest absolute Gasteiger partial charge is 0.349 e. The van der Waals surface area contributed by atoms with Crippen LogP contribution < -0.4 is 5.32 Å². The van der Waals surface area contributed by atoms with Gasteiger partial charge >= 0.3 is 0 Å². The number of hydrogen-bond acceptors (Lipinski definition) is 2. The third-order valence-corrected chi connectivity index (χ3v) is 4.45. The van der Waals surface area contributed by atoms with E-state index in [0.717, 1.165) is 10.4 Å². The fourth-order valence-corrected chi connectivity index (χ4v) is 2.92. The average Bonchev–Trinajstić information content (AvgIpc) is 2.90. The van der Waals surface area contributed by atoms with Gasteiger partial charge in [-0.15, -0.1) is 11.3 Å². The minimum absolute atomic E-state index is 0.0338. The molecule has 0 fully saturated rings. The lowest BCUT2D eigenvalue weighted by Crippen LogP contribution is -2.27. The third kappa shape index (κ3) is 4.43. The first-order valence-electron chi connectivity index (χ1n) is 7.28. The van der Waals surface area contributed by atoms with Crippen LogP contribution in [0.3, 0.4) is 0 Å². The molecule has 1 heterocycles. The molecule has 0 saturated carbocycles. The summed E-state index contributed by atoms with van der Waals surface area (Å²) in [6.45, 7) is 8.63.